The predicted molar refractivity (Wildman–Crippen MR) is 142 cm³/mol. The van der Waals surface area contributed by atoms with E-state index in [4.69, 9.17) is 9.47 Å². The van der Waals surface area contributed by atoms with Gasteiger partial charge in [-0.1, -0.05) is 12.1 Å². The van der Waals surface area contributed by atoms with Crippen LogP contribution in [0.4, 0.5) is 10.5 Å². The van der Waals surface area contributed by atoms with Gasteiger partial charge in [0.05, 0.1) is 7.11 Å². The zero-order chi connectivity index (χ0) is 26.3. The smallest absolute Gasteiger partial charge is 0.410 e. The Morgan fingerprint density at radius 3 is 2.44 bits per heavy atom. The van der Waals surface area contributed by atoms with E-state index < -0.39 is 5.60 Å². The normalized spacial score (nSPS) is 12.8. The van der Waals surface area contributed by atoms with Gasteiger partial charge in [-0.15, -0.1) is 0 Å². The van der Waals surface area contributed by atoms with E-state index >= 15 is 0 Å². The number of ether oxygens (including phenoxy) is 2. The Kier molecular flexibility index (Phi) is 9.13. The number of aldehydes is 1. The number of nitrogens with zero attached hydrogens (tertiary/aromatic N) is 2. The van der Waals surface area contributed by atoms with E-state index in [1.807, 2.05) is 49.9 Å². The zero-order valence-electron chi connectivity index (χ0n) is 22.1. The Hall–Kier alpha value is -3.35. The molecular weight excluding hydrogens is 456 g/mol. The van der Waals surface area contributed by atoms with Crippen molar-refractivity contribution in [3.05, 3.63) is 47.5 Å². The summed E-state index contributed by atoms with van der Waals surface area (Å²) in [5, 5.41) is 0. The van der Waals surface area contributed by atoms with Crippen molar-refractivity contribution in [2.45, 2.75) is 65.4 Å². The highest BCUT2D eigenvalue weighted by atomic mass is 16.6. The van der Waals surface area contributed by atoms with Gasteiger partial charge in [0, 0.05) is 38.7 Å². The molecule has 0 atom stereocenters. The minimum atomic E-state index is -0.582. The van der Waals surface area contributed by atoms with Crippen molar-refractivity contribution in [1.29, 1.82) is 0 Å². The lowest BCUT2D eigenvalue weighted by Crippen LogP contribution is -2.38. The van der Waals surface area contributed by atoms with Crippen LogP contribution >= 0.6 is 0 Å². The largest absolute Gasteiger partial charge is 0.496 e. The average Bonchev–Trinajstić information content (AvgIpc) is 3.26. The van der Waals surface area contributed by atoms with Crippen LogP contribution in [0.15, 0.2) is 36.4 Å². The highest BCUT2D eigenvalue weighted by molar-refractivity contribution is 5.94. The van der Waals surface area contributed by atoms with Gasteiger partial charge in [-0.05, 0) is 93.0 Å². The molecule has 194 valence electrons. The maximum atomic E-state index is 12.8. The summed E-state index contributed by atoms with van der Waals surface area (Å²) in [4.78, 5) is 38.9. The summed E-state index contributed by atoms with van der Waals surface area (Å²) in [6, 6.07) is 12.3. The molecule has 0 spiro atoms. The number of carbonyl (C=O) groups is 3. The molecule has 0 aliphatic carbocycles. The predicted octanol–water partition coefficient (Wildman–Crippen LogP) is 5.42. The fourth-order valence-electron chi connectivity index (χ4n) is 4.47. The fraction of sp³-hybridized carbons (Fsp3) is 0.483. The Bertz CT molecular complexity index is 1090. The number of anilines is 1. The molecule has 7 nitrogen and oxygen atoms in total. The first-order valence-corrected chi connectivity index (χ1v) is 12.6. The molecule has 7 heteroatoms. The summed E-state index contributed by atoms with van der Waals surface area (Å²) >= 11 is 0. The second-order valence-corrected chi connectivity index (χ2v) is 10.2. The molecule has 0 saturated carbocycles. The van der Waals surface area contributed by atoms with E-state index in [-0.39, 0.29) is 12.0 Å². The van der Waals surface area contributed by atoms with Crippen molar-refractivity contribution in [3.63, 3.8) is 0 Å². The van der Waals surface area contributed by atoms with Crippen molar-refractivity contribution >= 4 is 24.0 Å². The lowest BCUT2D eigenvalue weighted by atomic mass is 9.98. The van der Waals surface area contributed by atoms with E-state index in [0.29, 0.717) is 25.9 Å². The van der Waals surface area contributed by atoms with Gasteiger partial charge in [0.2, 0.25) is 5.91 Å². The van der Waals surface area contributed by atoms with E-state index in [2.05, 4.69) is 12.1 Å². The van der Waals surface area contributed by atoms with Crippen LogP contribution in [0.25, 0.3) is 11.1 Å². The van der Waals surface area contributed by atoms with Gasteiger partial charge in [0.1, 0.15) is 17.6 Å². The van der Waals surface area contributed by atoms with E-state index in [9.17, 15) is 14.4 Å². The fourth-order valence-corrected chi connectivity index (χ4v) is 4.47. The first kappa shape index (κ1) is 27.2. The Morgan fingerprint density at radius 1 is 1.06 bits per heavy atom. The Labute approximate surface area is 214 Å². The zero-order valence-corrected chi connectivity index (χ0v) is 22.1. The quantitative estimate of drug-likeness (QED) is 0.326. The van der Waals surface area contributed by atoms with Gasteiger partial charge in [-0.3, -0.25) is 4.79 Å². The number of hydrogen-bond donors (Lipinski definition) is 0. The van der Waals surface area contributed by atoms with Crippen LogP contribution in [0.1, 0.15) is 58.1 Å². The van der Waals surface area contributed by atoms with Gasteiger partial charge < -0.3 is 24.1 Å². The highest BCUT2D eigenvalue weighted by Gasteiger charge is 2.24. The van der Waals surface area contributed by atoms with Crippen molar-refractivity contribution in [3.8, 4) is 16.9 Å². The molecule has 2 aromatic rings. The van der Waals surface area contributed by atoms with Crippen molar-refractivity contribution < 1.29 is 23.9 Å². The molecule has 0 unspecified atom stereocenters. The Balaban J connectivity index is 1.79. The summed E-state index contributed by atoms with van der Waals surface area (Å²) in [7, 11) is 1.65. The maximum Gasteiger partial charge on any atom is 0.410 e. The molecule has 36 heavy (non-hydrogen) atoms. The van der Waals surface area contributed by atoms with Crippen LogP contribution in [-0.4, -0.2) is 55.5 Å². The lowest BCUT2D eigenvalue weighted by molar-refractivity contribution is -0.116. The lowest BCUT2D eigenvalue weighted by Gasteiger charge is -2.27. The first-order chi connectivity index (χ1) is 17.1. The summed E-state index contributed by atoms with van der Waals surface area (Å²) in [6.07, 6.45) is 3.97. The highest BCUT2D eigenvalue weighted by Crippen LogP contribution is 2.34. The standard InChI is InChI=1S/C29H38N2O5/c1-21(33)31-17-14-24-19-22(9-11-26(24)31)23-10-12-27(35-5)25(20-23)13-16-30(15-7-6-8-18-32)28(34)36-29(2,3)4/h9-12,18-20H,6-8,13-17H2,1-5H3. The Morgan fingerprint density at radius 2 is 1.78 bits per heavy atom. The molecule has 0 N–H and O–H groups in total. The van der Waals surface area contributed by atoms with Crippen LogP contribution < -0.4 is 9.64 Å². The molecule has 3 rings (SSSR count). The maximum absolute atomic E-state index is 12.8. The van der Waals surface area contributed by atoms with Crippen LogP contribution in [0.3, 0.4) is 0 Å². The monoisotopic (exact) mass is 494 g/mol. The number of rotatable bonds is 10. The molecule has 0 radical (unpaired) electrons. The summed E-state index contributed by atoms with van der Waals surface area (Å²) < 4.78 is 11.2. The summed E-state index contributed by atoms with van der Waals surface area (Å²) in [5.74, 6) is 0.835. The number of hydrogen-bond acceptors (Lipinski definition) is 5. The van der Waals surface area contributed by atoms with Crippen LogP contribution in [-0.2, 0) is 27.2 Å². The van der Waals surface area contributed by atoms with E-state index in [1.54, 1.807) is 18.9 Å². The van der Waals surface area contributed by atoms with Gasteiger partial charge >= 0.3 is 6.09 Å². The minimum absolute atomic E-state index is 0.0638. The average molecular weight is 495 g/mol. The number of unbranched alkanes of at least 4 members (excludes halogenated alkanes) is 2. The number of fused-ring (bicyclic) bond motifs is 1. The van der Waals surface area contributed by atoms with Crippen LogP contribution in [0.5, 0.6) is 5.75 Å². The molecular formula is C29H38N2O5. The van der Waals surface area contributed by atoms with Crippen LogP contribution in [0, 0.1) is 0 Å². The molecule has 0 bridgehead atoms. The number of methoxy groups -OCH3 is 1. The van der Waals surface area contributed by atoms with Crippen molar-refractivity contribution in [2.75, 3.05) is 31.6 Å². The molecule has 0 fully saturated rings. The molecule has 1 aliphatic heterocycles. The summed E-state index contributed by atoms with van der Waals surface area (Å²) in [6.45, 7) is 8.89. The summed E-state index contributed by atoms with van der Waals surface area (Å²) in [5.41, 5.74) is 4.73. The molecule has 0 saturated heterocycles. The van der Waals surface area contributed by atoms with Crippen molar-refractivity contribution in [1.82, 2.24) is 4.90 Å². The van der Waals surface area contributed by atoms with Crippen LogP contribution in [0.2, 0.25) is 0 Å². The molecule has 2 amide bonds. The van der Waals surface area contributed by atoms with Gasteiger partial charge in [-0.2, -0.15) is 0 Å². The van der Waals surface area contributed by atoms with Crippen molar-refractivity contribution in [2.24, 2.45) is 0 Å². The molecule has 0 aromatic heterocycles. The van der Waals surface area contributed by atoms with Gasteiger partial charge in [0.15, 0.2) is 0 Å². The SMILES string of the molecule is COc1ccc(-c2ccc3c(c2)CCN3C(C)=O)cc1CCN(CCCCC=O)C(=O)OC(C)(C)C. The second kappa shape index (κ2) is 12.1. The van der Waals surface area contributed by atoms with E-state index in [1.165, 1.54) is 5.56 Å². The van der Waals surface area contributed by atoms with Gasteiger partial charge in [0.25, 0.3) is 0 Å². The third-order valence-corrected chi connectivity index (χ3v) is 6.27. The second-order valence-electron chi connectivity index (χ2n) is 10.2. The number of amides is 2. The van der Waals surface area contributed by atoms with Gasteiger partial charge in [-0.25, -0.2) is 4.79 Å². The topological polar surface area (TPSA) is 76.2 Å². The molecule has 1 heterocycles. The minimum Gasteiger partial charge on any atom is -0.496 e. The first-order valence-electron chi connectivity index (χ1n) is 12.6. The molecule has 1 aliphatic rings. The molecule has 2 aromatic carbocycles. The third-order valence-electron chi connectivity index (χ3n) is 6.27. The number of benzene rings is 2. The third kappa shape index (κ3) is 7.09. The van der Waals surface area contributed by atoms with E-state index in [0.717, 1.165) is 60.2 Å². The number of carbonyl (C=O) groups excluding carboxylic acids is 3.